The smallest absolute Gasteiger partial charge is 0.163 e. The minimum atomic E-state index is -0.550. The van der Waals surface area contributed by atoms with E-state index in [1.54, 1.807) is 0 Å². The Morgan fingerprint density at radius 3 is 2.73 bits per heavy atom. The van der Waals surface area contributed by atoms with Crippen LogP contribution in [-0.4, -0.2) is 23.8 Å². The fourth-order valence-electron chi connectivity index (χ4n) is 2.96. The molecule has 0 unspecified atom stereocenters. The van der Waals surface area contributed by atoms with Crippen molar-refractivity contribution in [2.24, 2.45) is 11.3 Å². The number of hydrogen-bond donors (Lipinski definition) is 0. The molecule has 2 bridgehead atoms. The molecule has 0 aromatic carbocycles. The Kier molecular flexibility index (Phi) is 1.61. The monoisotopic (exact) mass is 208 g/mol. The minimum absolute atomic E-state index is 0.0627. The van der Waals surface area contributed by atoms with E-state index in [0.717, 1.165) is 0 Å². The van der Waals surface area contributed by atoms with Crippen molar-refractivity contribution >= 4 is 5.78 Å². The van der Waals surface area contributed by atoms with Gasteiger partial charge < -0.3 is 9.47 Å². The molecule has 15 heavy (non-hydrogen) atoms. The van der Waals surface area contributed by atoms with Crippen LogP contribution < -0.4 is 0 Å². The molecule has 3 nitrogen and oxygen atoms in total. The first kappa shape index (κ1) is 9.55. The molecule has 1 saturated carbocycles. The van der Waals surface area contributed by atoms with E-state index >= 15 is 0 Å². The highest BCUT2D eigenvalue weighted by atomic mass is 16.8. The van der Waals surface area contributed by atoms with Crippen molar-refractivity contribution in [2.75, 3.05) is 0 Å². The Morgan fingerprint density at radius 1 is 1.33 bits per heavy atom. The molecule has 4 aliphatic rings. The minimum Gasteiger partial charge on any atom is -0.344 e. The van der Waals surface area contributed by atoms with Gasteiger partial charge in [-0.3, -0.25) is 4.79 Å². The number of fused-ring (bicyclic) bond motifs is 1. The third-order valence-corrected chi connectivity index (χ3v) is 3.85. The second-order valence-corrected chi connectivity index (χ2v) is 5.45. The number of carbonyl (C=O) groups is 1. The van der Waals surface area contributed by atoms with E-state index < -0.39 is 11.2 Å². The molecule has 82 valence electrons. The summed E-state index contributed by atoms with van der Waals surface area (Å²) >= 11 is 0. The number of ether oxygens (including phenoxy) is 2. The Balaban J connectivity index is 2.05. The summed E-state index contributed by atoms with van der Waals surface area (Å²) in [5.41, 5.74) is -0.465. The molecule has 3 heteroatoms. The van der Waals surface area contributed by atoms with E-state index in [2.05, 4.69) is 6.08 Å². The van der Waals surface area contributed by atoms with E-state index in [4.69, 9.17) is 9.47 Å². The Bertz CT molecular complexity index is 358. The van der Waals surface area contributed by atoms with Crippen molar-refractivity contribution in [1.82, 2.24) is 0 Å². The summed E-state index contributed by atoms with van der Waals surface area (Å²) in [5.74, 6) is -0.0467. The Labute approximate surface area is 89.4 Å². The molecular formula is C12H16O3. The lowest BCUT2D eigenvalue weighted by Crippen LogP contribution is -2.54. The number of rotatable bonds is 0. The predicted octanol–water partition coefficient (Wildman–Crippen LogP) is 1.67. The van der Waals surface area contributed by atoms with Gasteiger partial charge in [-0.15, -0.1) is 0 Å². The summed E-state index contributed by atoms with van der Waals surface area (Å²) in [5, 5.41) is 0. The van der Waals surface area contributed by atoms with Gasteiger partial charge in [0.1, 0.15) is 11.9 Å². The lowest BCUT2D eigenvalue weighted by molar-refractivity contribution is -0.155. The summed E-state index contributed by atoms with van der Waals surface area (Å²) < 4.78 is 11.7. The molecule has 4 atom stereocenters. The van der Waals surface area contributed by atoms with Crippen LogP contribution in [0.15, 0.2) is 12.2 Å². The zero-order valence-electron chi connectivity index (χ0n) is 9.32. The lowest BCUT2D eigenvalue weighted by Gasteiger charge is -2.44. The van der Waals surface area contributed by atoms with E-state index in [0.29, 0.717) is 6.42 Å². The third kappa shape index (κ3) is 1.11. The van der Waals surface area contributed by atoms with Crippen LogP contribution in [0.2, 0.25) is 0 Å². The fourth-order valence-corrected chi connectivity index (χ4v) is 2.96. The molecule has 1 saturated heterocycles. The van der Waals surface area contributed by atoms with Gasteiger partial charge in [0, 0.05) is 12.3 Å². The molecule has 0 N–H and O–H groups in total. The second kappa shape index (κ2) is 2.53. The molecule has 0 spiro atoms. The van der Waals surface area contributed by atoms with Crippen LogP contribution in [0.3, 0.4) is 0 Å². The highest BCUT2D eigenvalue weighted by molar-refractivity contribution is 5.90. The maximum absolute atomic E-state index is 11.9. The quantitative estimate of drug-likeness (QED) is 0.568. The number of carbonyl (C=O) groups excluding carboxylic acids is 1. The lowest BCUT2D eigenvalue weighted by atomic mass is 9.62. The van der Waals surface area contributed by atoms with E-state index in [1.165, 1.54) is 0 Å². The maximum Gasteiger partial charge on any atom is 0.163 e. The van der Waals surface area contributed by atoms with Gasteiger partial charge in [-0.05, 0) is 20.8 Å². The van der Waals surface area contributed by atoms with Crippen molar-refractivity contribution in [1.29, 1.82) is 0 Å². The van der Waals surface area contributed by atoms with Crippen LogP contribution in [0.4, 0.5) is 0 Å². The number of hydrogen-bond acceptors (Lipinski definition) is 3. The molecule has 0 aromatic rings. The largest absolute Gasteiger partial charge is 0.344 e. The molecule has 2 fully saturated rings. The highest BCUT2D eigenvalue weighted by Crippen LogP contribution is 2.51. The first-order chi connectivity index (χ1) is 6.92. The summed E-state index contributed by atoms with van der Waals surface area (Å²) in [6.45, 7) is 5.79. The summed E-state index contributed by atoms with van der Waals surface area (Å²) in [4.78, 5) is 11.9. The van der Waals surface area contributed by atoms with Gasteiger partial charge in [0.25, 0.3) is 0 Å². The summed E-state index contributed by atoms with van der Waals surface area (Å²) in [6.07, 6.45) is 4.70. The SMILES string of the molecule is CC1(C)O[C@H]2[C@H]3C=C[C@](C)(C(=O)C3)[C@H]2O1. The van der Waals surface area contributed by atoms with Crippen molar-refractivity contribution in [2.45, 2.75) is 45.2 Å². The molecule has 0 aromatic heterocycles. The van der Waals surface area contributed by atoms with Crippen molar-refractivity contribution in [3.8, 4) is 0 Å². The first-order valence-corrected chi connectivity index (χ1v) is 5.51. The molecule has 4 rings (SSSR count). The zero-order valence-corrected chi connectivity index (χ0v) is 9.32. The summed E-state index contributed by atoms with van der Waals surface area (Å²) in [7, 11) is 0. The third-order valence-electron chi connectivity index (χ3n) is 3.85. The first-order valence-electron chi connectivity index (χ1n) is 5.51. The maximum atomic E-state index is 11.9. The van der Waals surface area contributed by atoms with Crippen molar-refractivity contribution < 1.29 is 14.3 Å². The van der Waals surface area contributed by atoms with Crippen molar-refractivity contribution in [3.05, 3.63) is 12.2 Å². The standard InChI is InChI=1S/C12H16O3/c1-11(2)14-9-7-4-5-12(3,8(13)6-7)10(9)15-11/h4-5,7,9-10H,6H2,1-3H3/t7-,9-,10-,12+/m0/s1. The molecule has 0 radical (unpaired) electrons. The zero-order chi connectivity index (χ0) is 10.8. The second-order valence-electron chi connectivity index (χ2n) is 5.45. The van der Waals surface area contributed by atoms with Crippen LogP contribution in [0.25, 0.3) is 0 Å². The Hall–Kier alpha value is -0.670. The normalized spacial score (nSPS) is 50.9. The van der Waals surface area contributed by atoms with Crippen LogP contribution in [0.5, 0.6) is 0 Å². The van der Waals surface area contributed by atoms with Crippen LogP contribution in [-0.2, 0) is 14.3 Å². The number of Topliss-reactive ketones (excluding diaryl/α,β-unsaturated/α-hetero) is 1. The average molecular weight is 208 g/mol. The van der Waals surface area contributed by atoms with E-state index in [1.807, 2.05) is 26.8 Å². The van der Waals surface area contributed by atoms with E-state index in [9.17, 15) is 4.79 Å². The topological polar surface area (TPSA) is 35.5 Å². The van der Waals surface area contributed by atoms with Gasteiger partial charge >= 0.3 is 0 Å². The predicted molar refractivity (Wildman–Crippen MR) is 54.2 cm³/mol. The Morgan fingerprint density at radius 2 is 2.07 bits per heavy atom. The number of ketones is 1. The van der Waals surface area contributed by atoms with Gasteiger partial charge in [0.15, 0.2) is 5.79 Å². The molecule has 1 heterocycles. The van der Waals surface area contributed by atoms with Crippen LogP contribution in [0, 0.1) is 11.3 Å². The van der Waals surface area contributed by atoms with Gasteiger partial charge in [-0.2, -0.15) is 0 Å². The molecule has 0 amide bonds. The molecule has 3 aliphatic carbocycles. The van der Waals surface area contributed by atoms with Crippen molar-refractivity contribution in [3.63, 3.8) is 0 Å². The fraction of sp³-hybridized carbons (Fsp3) is 0.750. The van der Waals surface area contributed by atoms with Gasteiger partial charge in [0.05, 0.1) is 11.5 Å². The van der Waals surface area contributed by atoms with Gasteiger partial charge in [0.2, 0.25) is 0 Å². The van der Waals surface area contributed by atoms with Crippen LogP contribution in [0.1, 0.15) is 27.2 Å². The summed E-state index contributed by atoms with van der Waals surface area (Å²) in [6, 6.07) is 0. The molecular weight excluding hydrogens is 192 g/mol. The van der Waals surface area contributed by atoms with Gasteiger partial charge in [-0.25, -0.2) is 0 Å². The average Bonchev–Trinajstić information content (AvgIpc) is 2.46. The van der Waals surface area contributed by atoms with E-state index in [-0.39, 0.29) is 23.9 Å². The highest BCUT2D eigenvalue weighted by Gasteiger charge is 2.60. The van der Waals surface area contributed by atoms with Crippen LogP contribution >= 0.6 is 0 Å². The molecule has 1 aliphatic heterocycles. The van der Waals surface area contributed by atoms with Gasteiger partial charge in [-0.1, -0.05) is 12.2 Å².